The van der Waals surface area contributed by atoms with Gasteiger partial charge >= 0.3 is 6.03 Å². The molecule has 3 aromatic rings. The van der Waals surface area contributed by atoms with Crippen molar-refractivity contribution < 1.29 is 14.3 Å². The highest BCUT2D eigenvalue weighted by molar-refractivity contribution is 5.94. The minimum atomic E-state index is -0.254. The van der Waals surface area contributed by atoms with Crippen LogP contribution >= 0.6 is 0 Å². The molecule has 2 aromatic heterocycles. The molecule has 36 heavy (non-hydrogen) atoms. The van der Waals surface area contributed by atoms with Crippen molar-refractivity contribution in [2.24, 2.45) is 0 Å². The first-order valence-electron chi connectivity index (χ1n) is 12.1. The first-order chi connectivity index (χ1) is 17.3. The van der Waals surface area contributed by atoms with Crippen molar-refractivity contribution in [1.29, 1.82) is 0 Å². The number of pyridine rings is 1. The van der Waals surface area contributed by atoms with E-state index in [-0.39, 0.29) is 17.4 Å². The summed E-state index contributed by atoms with van der Waals surface area (Å²) in [5.74, 6) is 0.718. The number of nitrogens with one attached hydrogen (secondary N) is 1. The topological polar surface area (TPSA) is 101 Å². The molecule has 1 fully saturated rings. The van der Waals surface area contributed by atoms with Crippen molar-refractivity contribution in [1.82, 2.24) is 24.8 Å². The summed E-state index contributed by atoms with van der Waals surface area (Å²) in [6.07, 6.45) is 6.89. The summed E-state index contributed by atoms with van der Waals surface area (Å²) in [7, 11) is 0. The Labute approximate surface area is 211 Å². The average molecular weight is 489 g/mol. The van der Waals surface area contributed by atoms with Crippen LogP contribution in [0.5, 0.6) is 5.88 Å². The third kappa shape index (κ3) is 6.56. The Morgan fingerprint density at radius 1 is 0.944 bits per heavy atom. The number of ether oxygens (including phenoxy) is 1. The van der Waals surface area contributed by atoms with Gasteiger partial charge in [-0.05, 0) is 22.6 Å². The summed E-state index contributed by atoms with van der Waals surface area (Å²) >= 11 is 0. The summed E-state index contributed by atoms with van der Waals surface area (Å²) in [5, 5.41) is 2.72. The second-order valence-corrected chi connectivity index (χ2v) is 9.73. The smallest absolute Gasteiger partial charge is 0.323 e. The molecule has 1 aliphatic rings. The zero-order valence-corrected chi connectivity index (χ0v) is 21.0. The minimum absolute atomic E-state index is 0.103. The second-order valence-electron chi connectivity index (χ2n) is 9.73. The molecule has 1 N–H and O–H groups in total. The number of benzene rings is 1. The zero-order valence-electron chi connectivity index (χ0n) is 21.0. The molecular weight excluding hydrogens is 456 g/mol. The summed E-state index contributed by atoms with van der Waals surface area (Å²) in [6.45, 7) is 8.81. The quantitative estimate of drug-likeness (QED) is 0.567. The lowest BCUT2D eigenvalue weighted by Gasteiger charge is -2.34. The molecule has 4 rings (SSSR count). The molecule has 1 aliphatic heterocycles. The van der Waals surface area contributed by atoms with E-state index in [1.54, 1.807) is 34.3 Å². The number of anilines is 1. The Bertz CT molecular complexity index is 1170. The van der Waals surface area contributed by atoms with E-state index in [1.807, 2.05) is 0 Å². The maximum absolute atomic E-state index is 13.0. The van der Waals surface area contributed by atoms with Crippen LogP contribution < -0.4 is 10.1 Å². The normalized spacial score (nSPS) is 13.9. The number of piperazine rings is 1. The Balaban J connectivity index is 1.26. The van der Waals surface area contributed by atoms with Gasteiger partial charge in [-0.1, -0.05) is 45.0 Å². The number of rotatable bonds is 6. The highest BCUT2D eigenvalue weighted by Gasteiger charge is 2.25. The third-order valence-corrected chi connectivity index (χ3v) is 6.09. The predicted octanol–water partition coefficient (Wildman–Crippen LogP) is 3.78. The molecule has 0 radical (unpaired) electrons. The summed E-state index contributed by atoms with van der Waals surface area (Å²) in [6, 6.07) is 11.7. The van der Waals surface area contributed by atoms with Crippen molar-refractivity contribution in [2.75, 3.05) is 38.1 Å². The fraction of sp³-hybridized carbons (Fsp3) is 0.370. The van der Waals surface area contributed by atoms with Crippen molar-refractivity contribution in [3.05, 3.63) is 77.9 Å². The van der Waals surface area contributed by atoms with Crippen molar-refractivity contribution >= 4 is 17.8 Å². The first-order valence-corrected chi connectivity index (χ1v) is 12.1. The fourth-order valence-electron chi connectivity index (χ4n) is 3.91. The van der Waals surface area contributed by atoms with Gasteiger partial charge in [-0.3, -0.25) is 15.1 Å². The number of hydrogen-bond acceptors (Lipinski definition) is 6. The largest absolute Gasteiger partial charge is 0.477 e. The molecule has 3 amide bonds. The highest BCUT2D eigenvalue weighted by atomic mass is 16.5. The lowest BCUT2D eigenvalue weighted by molar-refractivity contribution is 0.0671. The van der Waals surface area contributed by atoms with E-state index in [2.05, 4.69) is 65.3 Å². The Morgan fingerprint density at radius 3 is 2.33 bits per heavy atom. The lowest BCUT2D eigenvalue weighted by Crippen LogP contribution is -2.51. The Morgan fingerprint density at radius 2 is 1.67 bits per heavy atom. The molecule has 0 aliphatic carbocycles. The van der Waals surface area contributed by atoms with Crippen LogP contribution in [0.2, 0.25) is 0 Å². The third-order valence-electron chi connectivity index (χ3n) is 6.09. The van der Waals surface area contributed by atoms with Gasteiger partial charge in [0.15, 0.2) is 5.82 Å². The molecule has 0 bridgehead atoms. The van der Waals surface area contributed by atoms with Gasteiger partial charge in [0.2, 0.25) is 5.88 Å². The number of carbonyl (C=O) groups is 2. The minimum Gasteiger partial charge on any atom is -0.477 e. The molecule has 1 aromatic carbocycles. The zero-order chi connectivity index (χ0) is 25.5. The van der Waals surface area contributed by atoms with E-state index >= 15 is 0 Å². The molecule has 1 saturated heterocycles. The molecule has 0 spiro atoms. The molecule has 9 nitrogen and oxygen atoms in total. The van der Waals surface area contributed by atoms with Crippen LogP contribution in [0.3, 0.4) is 0 Å². The van der Waals surface area contributed by atoms with Crippen LogP contribution in [0.1, 0.15) is 42.3 Å². The maximum atomic E-state index is 13.0. The second kappa shape index (κ2) is 11.2. The first kappa shape index (κ1) is 25.1. The average Bonchev–Trinajstić information content (AvgIpc) is 2.89. The van der Waals surface area contributed by atoms with Crippen molar-refractivity contribution in [3.8, 4) is 5.88 Å². The fourth-order valence-corrected chi connectivity index (χ4v) is 3.91. The standard InChI is InChI=1S/C27H32N6O3/c1-27(2,3)22-6-4-20(5-7-22)9-17-36-24-18-21(8-10-30-24)25(34)32-13-15-33(16-14-32)26(35)31-23-19-28-11-12-29-23/h4-8,10-12,18-19H,9,13-17H2,1-3H3,(H,29,31,35). The monoisotopic (exact) mass is 488 g/mol. The molecule has 9 heteroatoms. The van der Waals surface area contributed by atoms with Crippen molar-refractivity contribution in [2.45, 2.75) is 32.6 Å². The van der Waals surface area contributed by atoms with Gasteiger partial charge in [0, 0.05) is 62.8 Å². The van der Waals surface area contributed by atoms with E-state index in [0.717, 1.165) is 6.42 Å². The summed E-state index contributed by atoms with van der Waals surface area (Å²) in [4.78, 5) is 41.1. The van der Waals surface area contributed by atoms with Crippen LogP contribution in [0.25, 0.3) is 0 Å². The number of nitrogens with zero attached hydrogens (tertiary/aromatic N) is 5. The molecule has 0 unspecified atom stereocenters. The van der Waals surface area contributed by atoms with E-state index in [0.29, 0.717) is 50.0 Å². The van der Waals surface area contributed by atoms with Gasteiger partial charge in [0.25, 0.3) is 5.91 Å². The van der Waals surface area contributed by atoms with Crippen LogP contribution in [0, 0.1) is 0 Å². The summed E-state index contributed by atoms with van der Waals surface area (Å²) < 4.78 is 5.84. The lowest BCUT2D eigenvalue weighted by atomic mass is 9.86. The molecule has 3 heterocycles. The number of carbonyl (C=O) groups excluding carboxylic acids is 2. The SMILES string of the molecule is CC(C)(C)c1ccc(CCOc2cc(C(=O)N3CCN(C(=O)Nc4cnccn4)CC3)ccn2)cc1. The molecule has 0 saturated carbocycles. The highest BCUT2D eigenvalue weighted by Crippen LogP contribution is 2.22. The number of urea groups is 1. The van der Waals surface area contributed by atoms with E-state index in [4.69, 9.17) is 4.74 Å². The van der Waals surface area contributed by atoms with Crippen LogP contribution in [-0.4, -0.2) is 69.5 Å². The Kier molecular flexibility index (Phi) is 7.77. The van der Waals surface area contributed by atoms with Crippen LogP contribution in [0.4, 0.5) is 10.6 Å². The van der Waals surface area contributed by atoms with E-state index in [1.165, 1.54) is 23.5 Å². The van der Waals surface area contributed by atoms with E-state index in [9.17, 15) is 9.59 Å². The number of hydrogen-bond donors (Lipinski definition) is 1. The van der Waals surface area contributed by atoms with Crippen LogP contribution in [-0.2, 0) is 11.8 Å². The van der Waals surface area contributed by atoms with E-state index < -0.39 is 0 Å². The number of aromatic nitrogens is 3. The van der Waals surface area contributed by atoms with Gasteiger partial charge < -0.3 is 14.5 Å². The van der Waals surface area contributed by atoms with Gasteiger partial charge in [0.1, 0.15) is 0 Å². The summed E-state index contributed by atoms with van der Waals surface area (Å²) in [5.41, 5.74) is 3.14. The van der Waals surface area contributed by atoms with Gasteiger partial charge in [-0.15, -0.1) is 0 Å². The van der Waals surface area contributed by atoms with Gasteiger partial charge in [-0.2, -0.15) is 0 Å². The van der Waals surface area contributed by atoms with Gasteiger partial charge in [0.05, 0.1) is 12.8 Å². The molecular formula is C27H32N6O3. The van der Waals surface area contributed by atoms with Crippen molar-refractivity contribution in [3.63, 3.8) is 0 Å². The number of amides is 3. The predicted molar refractivity (Wildman–Crippen MR) is 137 cm³/mol. The maximum Gasteiger partial charge on any atom is 0.323 e. The van der Waals surface area contributed by atoms with Gasteiger partial charge in [-0.25, -0.2) is 14.8 Å². The van der Waals surface area contributed by atoms with Crippen LogP contribution in [0.15, 0.2) is 61.2 Å². The molecule has 188 valence electrons. The molecule has 0 atom stereocenters. The Hall–Kier alpha value is -4.01.